The number of oxime groups is 1. The molecule has 21 heavy (non-hydrogen) atoms. The third-order valence-electron chi connectivity index (χ3n) is 3.14. The standard InChI is InChI=1S/C13H18BrN3O4/c1-13(2,12(15)16-18)7-4-8-21-10-6-3-5-9(11(10)14)17(19)20/h3,5-6,18H,4,7-8H2,1-2H3,(H2,15,16). The van der Waals surface area contributed by atoms with Crippen molar-refractivity contribution >= 4 is 27.5 Å². The Labute approximate surface area is 131 Å². The molecule has 0 saturated heterocycles. The van der Waals surface area contributed by atoms with E-state index in [1.54, 1.807) is 12.1 Å². The fraction of sp³-hybridized carbons (Fsp3) is 0.462. The average Bonchev–Trinajstić information content (AvgIpc) is 2.43. The third kappa shape index (κ3) is 4.59. The zero-order valence-corrected chi connectivity index (χ0v) is 13.5. The highest BCUT2D eigenvalue weighted by Gasteiger charge is 2.23. The lowest BCUT2D eigenvalue weighted by Crippen LogP contribution is -2.32. The van der Waals surface area contributed by atoms with Crippen LogP contribution in [0.25, 0.3) is 0 Å². The molecule has 0 atom stereocenters. The summed E-state index contributed by atoms with van der Waals surface area (Å²) < 4.78 is 5.87. The lowest BCUT2D eigenvalue weighted by molar-refractivity contribution is -0.385. The van der Waals surface area contributed by atoms with Gasteiger partial charge >= 0.3 is 0 Å². The first-order valence-electron chi connectivity index (χ1n) is 6.33. The van der Waals surface area contributed by atoms with Crippen LogP contribution in [0.5, 0.6) is 5.75 Å². The summed E-state index contributed by atoms with van der Waals surface area (Å²) in [5.41, 5.74) is 5.13. The van der Waals surface area contributed by atoms with Gasteiger partial charge in [-0.05, 0) is 34.8 Å². The Morgan fingerprint density at radius 1 is 1.57 bits per heavy atom. The van der Waals surface area contributed by atoms with E-state index in [0.29, 0.717) is 29.7 Å². The summed E-state index contributed by atoms with van der Waals surface area (Å²) in [6.45, 7) is 4.11. The van der Waals surface area contributed by atoms with Crippen molar-refractivity contribution in [2.75, 3.05) is 6.61 Å². The fourth-order valence-electron chi connectivity index (χ4n) is 1.71. The molecule has 1 aromatic rings. The highest BCUT2D eigenvalue weighted by Crippen LogP contribution is 2.34. The lowest BCUT2D eigenvalue weighted by Gasteiger charge is -2.22. The van der Waals surface area contributed by atoms with Gasteiger partial charge in [0.2, 0.25) is 0 Å². The molecule has 0 aliphatic rings. The Hall–Kier alpha value is -1.83. The predicted molar refractivity (Wildman–Crippen MR) is 82.7 cm³/mol. The molecule has 0 aliphatic carbocycles. The smallest absolute Gasteiger partial charge is 0.287 e. The number of nitrogens with two attached hydrogens (primary N) is 1. The third-order valence-corrected chi connectivity index (χ3v) is 3.94. The van der Waals surface area contributed by atoms with Crippen molar-refractivity contribution in [1.82, 2.24) is 0 Å². The monoisotopic (exact) mass is 359 g/mol. The van der Waals surface area contributed by atoms with E-state index in [2.05, 4.69) is 21.1 Å². The molecule has 3 N–H and O–H groups in total. The van der Waals surface area contributed by atoms with Crippen molar-refractivity contribution in [3.63, 3.8) is 0 Å². The molecule has 0 unspecified atom stereocenters. The number of ether oxygens (including phenoxy) is 1. The van der Waals surface area contributed by atoms with E-state index in [0.717, 1.165) is 0 Å². The number of hydrogen-bond acceptors (Lipinski definition) is 5. The maximum absolute atomic E-state index is 10.8. The van der Waals surface area contributed by atoms with Crippen LogP contribution in [-0.4, -0.2) is 22.6 Å². The van der Waals surface area contributed by atoms with Crippen molar-refractivity contribution in [2.45, 2.75) is 26.7 Å². The SMILES string of the molecule is CC(C)(CCCOc1cccc([N+](=O)[O-])c1Br)/C(N)=N/O. The second-order valence-electron chi connectivity index (χ2n) is 5.17. The van der Waals surface area contributed by atoms with Crippen molar-refractivity contribution in [3.8, 4) is 5.75 Å². The molecule has 0 spiro atoms. The number of nitro groups is 1. The van der Waals surface area contributed by atoms with Crippen LogP contribution < -0.4 is 10.5 Å². The van der Waals surface area contributed by atoms with E-state index in [1.807, 2.05) is 13.8 Å². The second kappa shape index (κ2) is 7.26. The molecule has 0 saturated carbocycles. The van der Waals surface area contributed by atoms with Crippen LogP contribution in [0.2, 0.25) is 0 Å². The van der Waals surface area contributed by atoms with Crippen molar-refractivity contribution < 1.29 is 14.9 Å². The first-order chi connectivity index (χ1) is 9.79. The number of nitro benzene ring substituents is 1. The van der Waals surface area contributed by atoms with Crippen molar-refractivity contribution in [2.24, 2.45) is 16.3 Å². The molecular formula is C13H18BrN3O4. The second-order valence-corrected chi connectivity index (χ2v) is 5.96. The highest BCUT2D eigenvalue weighted by molar-refractivity contribution is 9.10. The summed E-state index contributed by atoms with van der Waals surface area (Å²) in [6, 6.07) is 4.63. The van der Waals surface area contributed by atoms with Crippen molar-refractivity contribution in [1.29, 1.82) is 0 Å². The van der Waals surface area contributed by atoms with Gasteiger partial charge in [0.1, 0.15) is 16.1 Å². The van der Waals surface area contributed by atoms with Crippen LogP contribution in [0.4, 0.5) is 5.69 Å². The van der Waals surface area contributed by atoms with Gasteiger partial charge in [-0.1, -0.05) is 25.1 Å². The van der Waals surface area contributed by atoms with E-state index < -0.39 is 10.3 Å². The molecule has 0 amide bonds. The number of nitrogens with zero attached hydrogens (tertiary/aromatic N) is 2. The summed E-state index contributed by atoms with van der Waals surface area (Å²) in [4.78, 5) is 10.3. The fourth-order valence-corrected chi connectivity index (χ4v) is 2.23. The molecule has 0 heterocycles. The summed E-state index contributed by atoms with van der Waals surface area (Å²) in [7, 11) is 0. The van der Waals surface area contributed by atoms with Crippen LogP contribution >= 0.6 is 15.9 Å². The van der Waals surface area contributed by atoms with Gasteiger partial charge in [-0.3, -0.25) is 10.1 Å². The minimum atomic E-state index is -0.474. The molecule has 0 aliphatic heterocycles. The topological polar surface area (TPSA) is 111 Å². The molecule has 0 fully saturated rings. The molecule has 8 heteroatoms. The van der Waals surface area contributed by atoms with Gasteiger partial charge in [-0.15, -0.1) is 0 Å². The Balaban J connectivity index is 2.58. The summed E-state index contributed by atoms with van der Waals surface area (Å²) in [6.07, 6.45) is 1.33. The van der Waals surface area contributed by atoms with Crippen molar-refractivity contribution in [3.05, 3.63) is 32.8 Å². The van der Waals surface area contributed by atoms with E-state index in [1.165, 1.54) is 6.07 Å². The Morgan fingerprint density at radius 2 is 2.24 bits per heavy atom. The summed E-state index contributed by atoms with van der Waals surface area (Å²) in [5, 5.41) is 22.5. The normalized spacial score (nSPS) is 12.2. The highest BCUT2D eigenvalue weighted by atomic mass is 79.9. The van der Waals surface area contributed by atoms with Crippen LogP contribution in [0.3, 0.4) is 0 Å². The largest absolute Gasteiger partial charge is 0.492 e. The number of hydrogen-bond donors (Lipinski definition) is 2. The first kappa shape index (κ1) is 17.2. The zero-order valence-electron chi connectivity index (χ0n) is 11.9. The summed E-state index contributed by atoms with van der Waals surface area (Å²) in [5.74, 6) is 0.588. The Morgan fingerprint density at radius 3 is 2.81 bits per heavy atom. The minimum absolute atomic E-state index is 0.0375. The van der Waals surface area contributed by atoms with E-state index >= 15 is 0 Å². The maximum Gasteiger partial charge on any atom is 0.287 e. The molecule has 7 nitrogen and oxygen atoms in total. The molecule has 1 rings (SSSR count). The molecule has 0 bridgehead atoms. The quantitative estimate of drug-likeness (QED) is 0.194. The number of benzene rings is 1. The van der Waals surface area contributed by atoms with E-state index in [4.69, 9.17) is 15.7 Å². The number of rotatable bonds is 7. The van der Waals surface area contributed by atoms with Gasteiger partial charge in [0.25, 0.3) is 5.69 Å². The van der Waals surface area contributed by atoms with Gasteiger partial charge in [-0.2, -0.15) is 0 Å². The maximum atomic E-state index is 10.8. The van der Waals surface area contributed by atoms with Gasteiger partial charge in [0, 0.05) is 11.5 Å². The Bertz CT molecular complexity index is 546. The zero-order chi connectivity index (χ0) is 16.0. The van der Waals surface area contributed by atoms with Crippen LogP contribution in [0, 0.1) is 15.5 Å². The molecule has 116 valence electrons. The van der Waals surface area contributed by atoms with Gasteiger partial charge in [0.15, 0.2) is 0 Å². The lowest BCUT2D eigenvalue weighted by atomic mass is 9.87. The molecule has 0 aromatic heterocycles. The first-order valence-corrected chi connectivity index (χ1v) is 7.12. The molecular weight excluding hydrogens is 342 g/mol. The van der Waals surface area contributed by atoms with E-state index in [9.17, 15) is 10.1 Å². The van der Waals surface area contributed by atoms with Gasteiger partial charge in [0.05, 0.1) is 11.5 Å². The van der Waals surface area contributed by atoms with Crippen LogP contribution in [-0.2, 0) is 0 Å². The molecule has 1 aromatic carbocycles. The molecule has 0 radical (unpaired) electrons. The van der Waals surface area contributed by atoms with Crippen LogP contribution in [0.15, 0.2) is 27.8 Å². The number of halogens is 1. The number of amidine groups is 1. The predicted octanol–water partition coefficient (Wildman–Crippen LogP) is 3.29. The van der Waals surface area contributed by atoms with E-state index in [-0.39, 0.29) is 11.5 Å². The Kier molecular flexibility index (Phi) is 5.95. The van der Waals surface area contributed by atoms with Gasteiger partial charge < -0.3 is 15.7 Å². The average molecular weight is 360 g/mol. The minimum Gasteiger partial charge on any atom is -0.492 e. The summed E-state index contributed by atoms with van der Waals surface area (Å²) >= 11 is 3.17. The van der Waals surface area contributed by atoms with Crippen LogP contribution in [0.1, 0.15) is 26.7 Å². The van der Waals surface area contributed by atoms with Gasteiger partial charge in [-0.25, -0.2) is 0 Å².